The molecule has 2 amide bonds. The van der Waals surface area contributed by atoms with Crippen molar-refractivity contribution in [2.75, 3.05) is 18.0 Å². The lowest BCUT2D eigenvalue weighted by molar-refractivity contribution is -0.192. The fraction of sp³-hybridized carbons (Fsp3) is 0.364. The Hall–Kier alpha value is -3.67. The largest absolute Gasteiger partial charge is 0.490 e. The molecule has 1 aromatic carbocycles. The maximum absolute atomic E-state index is 12.8. The quantitative estimate of drug-likeness (QED) is 0.443. The smallest absolute Gasteiger partial charge is 0.477 e. The first-order valence-electron chi connectivity index (χ1n) is 10.4. The minimum Gasteiger partial charge on any atom is -0.477 e. The number of hydrogen-bond donors (Lipinski definition) is 3. The third kappa shape index (κ3) is 4.04. The molecule has 0 aromatic heterocycles. The highest BCUT2D eigenvalue weighted by Gasteiger charge is 2.59. The lowest BCUT2D eigenvalue weighted by Gasteiger charge is -2.48. The first kappa shape index (κ1) is 23.5. The van der Waals surface area contributed by atoms with E-state index in [2.05, 4.69) is 5.32 Å². The van der Waals surface area contributed by atoms with Crippen LogP contribution in [0.5, 0.6) is 0 Å². The topological polar surface area (TPSA) is 127 Å². The van der Waals surface area contributed by atoms with Crippen molar-refractivity contribution in [3.63, 3.8) is 0 Å². The van der Waals surface area contributed by atoms with Gasteiger partial charge in [0.1, 0.15) is 11.7 Å². The van der Waals surface area contributed by atoms with Crippen molar-refractivity contribution in [2.45, 2.75) is 31.1 Å². The van der Waals surface area contributed by atoms with Crippen molar-refractivity contribution < 1.29 is 42.6 Å². The molecule has 0 aliphatic carbocycles. The Balaban J connectivity index is 0.000000344. The van der Waals surface area contributed by atoms with Crippen LogP contribution in [0.1, 0.15) is 12.8 Å². The van der Waals surface area contributed by atoms with Crippen LogP contribution in [0.4, 0.5) is 18.9 Å². The van der Waals surface area contributed by atoms with Crippen LogP contribution in [0.3, 0.4) is 0 Å². The Morgan fingerprint density at radius 2 is 1.76 bits per heavy atom. The Labute approximate surface area is 191 Å². The summed E-state index contributed by atoms with van der Waals surface area (Å²) in [5.41, 5.74) is 2.06. The normalized spacial score (nSPS) is 26.8. The highest BCUT2D eigenvalue weighted by Crippen LogP contribution is 2.44. The molecule has 3 atom stereocenters. The van der Waals surface area contributed by atoms with Crippen LogP contribution >= 0.6 is 0 Å². The van der Waals surface area contributed by atoms with Crippen molar-refractivity contribution >= 4 is 29.4 Å². The Morgan fingerprint density at radius 3 is 2.35 bits per heavy atom. The van der Waals surface area contributed by atoms with E-state index in [1.54, 1.807) is 11.0 Å². The van der Waals surface area contributed by atoms with Gasteiger partial charge in [-0.15, -0.1) is 0 Å². The van der Waals surface area contributed by atoms with Crippen LogP contribution in [-0.4, -0.2) is 70.2 Å². The molecule has 0 radical (unpaired) electrons. The summed E-state index contributed by atoms with van der Waals surface area (Å²) in [4.78, 5) is 49.1. The second kappa shape index (κ2) is 8.60. The maximum Gasteiger partial charge on any atom is 0.490 e. The Morgan fingerprint density at radius 1 is 1.12 bits per heavy atom. The van der Waals surface area contributed by atoms with Gasteiger partial charge in [0.25, 0.3) is 5.91 Å². The highest BCUT2D eigenvalue weighted by atomic mass is 19.4. The van der Waals surface area contributed by atoms with Gasteiger partial charge in [0, 0.05) is 24.4 Å². The number of halogens is 3. The van der Waals surface area contributed by atoms with Gasteiger partial charge < -0.3 is 20.4 Å². The van der Waals surface area contributed by atoms with Crippen molar-refractivity contribution in [1.82, 2.24) is 10.2 Å². The molecule has 4 aliphatic heterocycles. The second-order valence-electron chi connectivity index (χ2n) is 8.24. The number of carbonyl (C=O) groups is 4. The van der Waals surface area contributed by atoms with Crippen LogP contribution < -0.4 is 10.2 Å². The van der Waals surface area contributed by atoms with E-state index >= 15 is 0 Å². The number of para-hydroxylation sites is 1. The van der Waals surface area contributed by atoms with Crippen molar-refractivity contribution in [3.8, 4) is 0 Å². The fourth-order valence-electron chi connectivity index (χ4n) is 4.77. The number of hydrogen-bond acceptors (Lipinski definition) is 5. The molecule has 1 aromatic rings. The number of anilines is 1. The minimum absolute atomic E-state index is 0.0414. The number of alkyl halides is 3. The zero-order valence-corrected chi connectivity index (χ0v) is 17.6. The minimum atomic E-state index is -5.08. The zero-order valence-electron chi connectivity index (χ0n) is 17.6. The van der Waals surface area contributed by atoms with Gasteiger partial charge in [0.15, 0.2) is 0 Å². The number of allylic oxidation sites excluding steroid dienone is 2. The summed E-state index contributed by atoms with van der Waals surface area (Å²) in [7, 11) is 0. The molecule has 3 N–H and O–H groups in total. The third-order valence-electron chi connectivity index (χ3n) is 6.24. The number of nitrogens with zero attached hydrogens (tertiary/aromatic N) is 2. The number of carboxylic acid groups (broad SMARTS) is 2. The number of benzene rings is 1. The molecule has 34 heavy (non-hydrogen) atoms. The number of β-lactam (4-membered cyclic amide) rings is 1. The summed E-state index contributed by atoms with van der Waals surface area (Å²) < 4.78 is 31.7. The molecular formula is C22H20F3N3O6. The van der Waals surface area contributed by atoms with Crippen molar-refractivity contribution in [2.24, 2.45) is 5.92 Å². The van der Waals surface area contributed by atoms with E-state index in [9.17, 15) is 32.7 Å². The van der Waals surface area contributed by atoms with Crippen LogP contribution in [-0.2, 0) is 19.2 Å². The third-order valence-corrected chi connectivity index (χ3v) is 6.24. The van der Waals surface area contributed by atoms with Crippen LogP contribution in [0.25, 0.3) is 0 Å². The van der Waals surface area contributed by atoms with E-state index in [0.717, 1.165) is 5.69 Å². The van der Waals surface area contributed by atoms with Gasteiger partial charge in [-0.3, -0.25) is 14.5 Å². The number of amides is 2. The Kier molecular flexibility index (Phi) is 5.94. The van der Waals surface area contributed by atoms with E-state index < -0.39 is 18.1 Å². The zero-order chi connectivity index (χ0) is 24.8. The molecule has 12 heteroatoms. The molecule has 5 rings (SSSR count). The molecule has 180 valence electrons. The van der Waals surface area contributed by atoms with E-state index in [4.69, 9.17) is 9.90 Å². The summed E-state index contributed by atoms with van der Waals surface area (Å²) in [6.07, 6.45) is -2.24. The SMILES string of the molecule is O=C(O)C(F)(F)F.O=C(O)C1=C(/C=C2\CCN(c3ccccc3)C2=O)C[C@@H]2CN[C@@H]3C(=O)N1[C@H]23. The van der Waals surface area contributed by atoms with Crippen molar-refractivity contribution in [1.29, 1.82) is 0 Å². The maximum atomic E-state index is 12.8. The fourth-order valence-corrected chi connectivity index (χ4v) is 4.77. The number of carbonyl (C=O) groups excluding carboxylic acids is 2. The molecule has 3 fully saturated rings. The highest BCUT2D eigenvalue weighted by molar-refractivity contribution is 6.09. The van der Waals surface area contributed by atoms with Crippen LogP contribution in [0.15, 0.2) is 53.3 Å². The molecular weight excluding hydrogens is 459 g/mol. The number of rotatable bonds is 3. The summed E-state index contributed by atoms with van der Waals surface area (Å²) in [5.74, 6) is -3.95. The van der Waals surface area contributed by atoms with E-state index in [-0.39, 0.29) is 35.5 Å². The molecule has 4 heterocycles. The second-order valence-corrected chi connectivity index (χ2v) is 8.24. The monoisotopic (exact) mass is 479 g/mol. The van der Waals surface area contributed by atoms with Gasteiger partial charge in [-0.1, -0.05) is 18.2 Å². The summed E-state index contributed by atoms with van der Waals surface area (Å²) >= 11 is 0. The predicted molar refractivity (Wildman–Crippen MR) is 110 cm³/mol. The van der Waals surface area contributed by atoms with E-state index in [1.165, 1.54) is 4.90 Å². The van der Waals surface area contributed by atoms with Crippen molar-refractivity contribution in [3.05, 3.63) is 53.3 Å². The lowest BCUT2D eigenvalue weighted by atomic mass is 9.79. The van der Waals surface area contributed by atoms with Gasteiger partial charge in [-0.2, -0.15) is 13.2 Å². The molecule has 0 saturated carbocycles. The Bertz CT molecular complexity index is 1110. The number of aliphatic carboxylic acids is 2. The standard InChI is InChI=1S/C20H19N3O4.C2HF3O2/c24-18-11(6-7-22(18)14-4-2-1-3-5-14)8-12-9-13-10-21-15-16(13)23(19(15)25)17(12)20(26)27;3-2(4,5)1(6)7/h1-5,8,13,15-16,21H,6-7,9-10H2,(H,26,27);(H,6,7)/b11-8+;/t13-,15+,16-;/m1./s1. The average Bonchev–Trinajstić information content (AvgIpc) is 3.35. The lowest BCUT2D eigenvalue weighted by Crippen LogP contribution is -2.68. The molecule has 0 unspecified atom stereocenters. The van der Waals surface area contributed by atoms with E-state index in [0.29, 0.717) is 37.1 Å². The first-order chi connectivity index (χ1) is 16.0. The molecule has 0 spiro atoms. The van der Waals surface area contributed by atoms with Gasteiger partial charge in [-0.25, -0.2) is 9.59 Å². The summed E-state index contributed by atoms with van der Waals surface area (Å²) in [6, 6.07) is 9.13. The van der Waals surface area contributed by atoms with Crippen LogP contribution in [0.2, 0.25) is 0 Å². The van der Waals surface area contributed by atoms with Gasteiger partial charge in [0.05, 0.1) is 6.04 Å². The average molecular weight is 479 g/mol. The van der Waals surface area contributed by atoms with E-state index in [1.807, 2.05) is 30.3 Å². The molecule has 9 nitrogen and oxygen atoms in total. The summed E-state index contributed by atoms with van der Waals surface area (Å²) in [6.45, 7) is 1.27. The summed E-state index contributed by atoms with van der Waals surface area (Å²) in [5, 5.41) is 20.0. The predicted octanol–water partition coefficient (Wildman–Crippen LogP) is 1.52. The molecule has 0 bridgehead atoms. The van der Waals surface area contributed by atoms with Gasteiger partial charge in [-0.05, 0) is 42.5 Å². The first-order valence-corrected chi connectivity index (χ1v) is 10.4. The number of carboxylic acids is 2. The van der Waals surface area contributed by atoms with Crippen LogP contribution in [0, 0.1) is 5.92 Å². The van der Waals surface area contributed by atoms with Gasteiger partial charge in [0.2, 0.25) is 5.91 Å². The van der Waals surface area contributed by atoms with Gasteiger partial charge >= 0.3 is 18.1 Å². The number of nitrogens with one attached hydrogen (secondary N) is 1. The molecule has 3 saturated heterocycles. The molecule has 4 aliphatic rings.